The topological polar surface area (TPSA) is 80.2 Å². The van der Waals surface area contributed by atoms with Crippen LogP contribution in [0.5, 0.6) is 0 Å². The van der Waals surface area contributed by atoms with E-state index in [0.717, 1.165) is 23.5 Å². The van der Waals surface area contributed by atoms with Gasteiger partial charge in [0.25, 0.3) is 0 Å². The summed E-state index contributed by atoms with van der Waals surface area (Å²) in [5.74, 6) is 1.46. The lowest BCUT2D eigenvalue weighted by molar-refractivity contribution is -0.128. The van der Waals surface area contributed by atoms with Crippen molar-refractivity contribution in [1.82, 2.24) is 15.0 Å². The Kier molecular flexibility index (Phi) is 4.31. The lowest BCUT2D eigenvalue weighted by Crippen LogP contribution is -2.50. The lowest BCUT2D eigenvalue weighted by Gasteiger charge is -2.39. The Morgan fingerprint density at radius 1 is 1.27 bits per heavy atom. The summed E-state index contributed by atoms with van der Waals surface area (Å²) in [5, 5.41) is 12.8. The molecular formula is C16H20N4O2. The molecule has 0 aromatic carbocycles. The number of aromatic nitrogens is 3. The second-order valence-electron chi connectivity index (χ2n) is 5.66. The zero-order chi connectivity index (χ0) is 15.4. The first-order valence-electron chi connectivity index (χ1n) is 7.45. The largest absolute Gasteiger partial charge is 0.396 e. The van der Waals surface area contributed by atoms with Crippen LogP contribution >= 0.6 is 0 Å². The maximum atomic E-state index is 9.49. The Bertz CT molecular complexity index is 624. The first-order chi connectivity index (χ1) is 10.7. The predicted octanol–water partition coefficient (Wildman–Crippen LogP) is 1.52. The molecule has 1 aliphatic heterocycles. The molecule has 2 aromatic rings. The van der Waals surface area contributed by atoms with Gasteiger partial charge in [-0.3, -0.25) is 4.98 Å². The van der Waals surface area contributed by atoms with E-state index >= 15 is 0 Å². The molecule has 0 radical (unpaired) electrons. The quantitative estimate of drug-likeness (QED) is 0.842. The molecule has 6 heteroatoms. The molecule has 2 N–H and O–H groups in total. The third-order valence-corrected chi connectivity index (χ3v) is 3.88. The van der Waals surface area contributed by atoms with Crippen molar-refractivity contribution in [2.75, 3.05) is 31.7 Å². The predicted molar refractivity (Wildman–Crippen MR) is 83.5 cm³/mol. The van der Waals surface area contributed by atoms with E-state index in [0.29, 0.717) is 25.6 Å². The molecule has 3 heterocycles. The van der Waals surface area contributed by atoms with Gasteiger partial charge in [-0.15, -0.1) is 0 Å². The summed E-state index contributed by atoms with van der Waals surface area (Å²) >= 11 is 0. The Labute approximate surface area is 129 Å². The van der Waals surface area contributed by atoms with Crippen LogP contribution < -0.4 is 5.32 Å². The highest BCUT2D eigenvalue weighted by molar-refractivity contribution is 5.56. The van der Waals surface area contributed by atoms with Crippen molar-refractivity contribution < 1.29 is 9.84 Å². The van der Waals surface area contributed by atoms with Crippen LogP contribution in [0.15, 0.2) is 30.6 Å². The van der Waals surface area contributed by atoms with Gasteiger partial charge < -0.3 is 15.2 Å². The van der Waals surface area contributed by atoms with Crippen molar-refractivity contribution in [1.29, 1.82) is 0 Å². The number of aliphatic hydroxyl groups is 1. The lowest BCUT2D eigenvalue weighted by atomic mass is 9.87. The highest BCUT2D eigenvalue weighted by Gasteiger charge is 2.37. The van der Waals surface area contributed by atoms with E-state index in [1.165, 1.54) is 0 Å². The number of rotatable bonds is 6. The van der Waals surface area contributed by atoms with E-state index < -0.39 is 0 Å². The van der Waals surface area contributed by atoms with Crippen molar-refractivity contribution >= 4 is 5.82 Å². The maximum Gasteiger partial charge on any atom is 0.161 e. The summed E-state index contributed by atoms with van der Waals surface area (Å²) in [7, 11) is 0. The van der Waals surface area contributed by atoms with Crippen LogP contribution in [-0.4, -0.2) is 46.4 Å². The summed E-state index contributed by atoms with van der Waals surface area (Å²) in [4.78, 5) is 13.2. The summed E-state index contributed by atoms with van der Waals surface area (Å²) in [5.41, 5.74) is 1.73. The molecule has 0 unspecified atom stereocenters. The number of hydrogen-bond acceptors (Lipinski definition) is 6. The van der Waals surface area contributed by atoms with Crippen LogP contribution in [0.4, 0.5) is 5.82 Å². The van der Waals surface area contributed by atoms with Gasteiger partial charge in [-0.25, -0.2) is 9.97 Å². The first-order valence-corrected chi connectivity index (χ1v) is 7.45. The Morgan fingerprint density at radius 3 is 2.64 bits per heavy atom. The molecule has 0 amide bonds. The first kappa shape index (κ1) is 14.9. The van der Waals surface area contributed by atoms with Gasteiger partial charge in [-0.05, 0) is 18.6 Å². The number of aliphatic hydroxyl groups excluding tert-OH is 1. The molecule has 1 aliphatic rings. The average Bonchev–Trinajstić information content (AvgIpc) is 2.55. The van der Waals surface area contributed by atoms with E-state index in [4.69, 9.17) is 4.74 Å². The third-order valence-electron chi connectivity index (χ3n) is 3.88. The minimum atomic E-state index is -0.186. The maximum absolute atomic E-state index is 9.49. The number of anilines is 1. The number of aryl methyl sites for hydroxylation is 1. The van der Waals surface area contributed by atoms with Gasteiger partial charge in [0.1, 0.15) is 5.82 Å². The van der Waals surface area contributed by atoms with Crippen molar-refractivity contribution in [3.63, 3.8) is 0 Å². The summed E-state index contributed by atoms with van der Waals surface area (Å²) in [6, 6.07) is 5.75. The Hall–Kier alpha value is -2.05. The van der Waals surface area contributed by atoms with Crippen LogP contribution in [0.3, 0.4) is 0 Å². The van der Waals surface area contributed by atoms with Crippen LogP contribution in [0.2, 0.25) is 0 Å². The Morgan fingerprint density at radius 2 is 2.05 bits per heavy atom. The van der Waals surface area contributed by atoms with Crippen LogP contribution in [0.25, 0.3) is 11.4 Å². The van der Waals surface area contributed by atoms with Crippen LogP contribution in [0, 0.1) is 5.41 Å². The number of pyridine rings is 1. The second kappa shape index (κ2) is 6.37. The van der Waals surface area contributed by atoms with Crippen molar-refractivity contribution in [3.05, 3.63) is 36.3 Å². The van der Waals surface area contributed by atoms with Gasteiger partial charge in [0.05, 0.1) is 25.2 Å². The fourth-order valence-electron chi connectivity index (χ4n) is 2.32. The number of nitrogens with one attached hydrogen (secondary N) is 1. The molecule has 1 fully saturated rings. The molecule has 3 rings (SSSR count). The molecular weight excluding hydrogens is 280 g/mol. The van der Waals surface area contributed by atoms with Gasteiger partial charge in [0, 0.05) is 36.3 Å². The fraction of sp³-hybridized carbons (Fsp3) is 0.438. The molecule has 22 heavy (non-hydrogen) atoms. The number of hydrogen-bond donors (Lipinski definition) is 2. The van der Waals surface area contributed by atoms with E-state index in [1.54, 1.807) is 12.4 Å². The van der Waals surface area contributed by atoms with Crippen LogP contribution in [-0.2, 0) is 11.2 Å². The monoisotopic (exact) mass is 300 g/mol. The van der Waals surface area contributed by atoms with Crippen molar-refractivity contribution in [3.8, 4) is 11.4 Å². The van der Waals surface area contributed by atoms with E-state index in [2.05, 4.69) is 27.2 Å². The Balaban J connectivity index is 1.82. The third kappa shape index (κ3) is 3.08. The van der Waals surface area contributed by atoms with Gasteiger partial charge in [-0.2, -0.15) is 0 Å². The summed E-state index contributed by atoms with van der Waals surface area (Å²) < 4.78 is 5.22. The fourth-order valence-corrected chi connectivity index (χ4v) is 2.32. The zero-order valence-corrected chi connectivity index (χ0v) is 12.6. The van der Waals surface area contributed by atoms with Gasteiger partial charge in [-0.1, -0.05) is 6.92 Å². The molecule has 2 aromatic heterocycles. The molecule has 1 saturated heterocycles. The van der Waals surface area contributed by atoms with E-state index in [9.17, 15) is 5.11 Å². The number of ether oxygens (including phenoxy) is 1. The van der Waals surface area contributed by atoms with Crippen LogP contribution in [0.1, 0.15) is 12.6 Å². The molecule has 0 saturated carbocycles. The zero-order valence-electron chi connectivity index (χ0n) is 12.6. The molecule has 0 spiro atoms. The van der Waals surface area contributed by atoms with Gasteiger partial charge in [0.2, 0.25) is 0 Å². The highest BCUT2D eigenvalue weighted by Crippen LogP contribution is 2.27. The van der Waals surface area contributed by atoms with Crippen molar-refractivity contribution in [2.24, 2.45) is 5.41 Å². The molecule has 116 valence electrons. The van der Waals surface area contributed by atoms with Gasteiger partial charge in [0.15, 0.2) is 5.82 Å². The highest BCUT2D eigenvalue weighted by atomic mass is 16.5. The molecule has 0 aliphatic carbocycles. The van der Waals surface area contributed by atoms with Gasteiger partial charge >= 0.3 is 0 Å². The molecule has 0 bridgehead atoms. The second-order valence-corrected chi connectivity index (χ2v) is 5.66. The summed E-state index contributed by atoms with van der Waals surface area (Å²) in [6.07, 6.45) is 4.30. The normalized spacial score (nSPS) is 16.1. The SMILES string of the molecule is CCc1cc(NCC2(CO)COC2)nc(-c2ccncc2)n1. The smallest absolute Gasteiger partial charge is 0.161 e. The minimum Gasteiger partial charge on any atom is -0.396 e. The summed E-state index contributed by atoms with van der Waals surface area (Å²) in [6.45, 7) is 3.98. The number of nitrogens with zero attached hydrogens (tertiary/aromatic N) is 3. The average molecular weight is 300 g/mol. The standard InChI is InChI=1S/C16H20N4O2/c1-2-13-7-14(18-8-16(9-21)10-22-11-16)20-15(19-13)12-3-5-17-6-4-12/h3-7,21H,2,8-11H2,1H3,(H,18,19,20). The molecule has 0 atom stereocenters. The van der Waals surface area contributed by atoms with E-state index in [-0.39, 0.29) is 12.0 Å². The van der Waals surface area contributed by atoms with E-state index in [1.807, 2.05) is 18.2 Å². The van der Waals surface area contributed by atoms with Crippen molar-refractivity contribution in [2.45, 2.75) is 13.3 Å². The minimum absolute atomic E-state index is 0.114. The molecule has 6 nitrogen and oxygen atoms in total.